The van der Waals surface area contributed by atoms with Crippen LogP contribution >= 0.6 is 0 Å². The second kappa shape index (κ2) is 7.14. The van der Waals surface area contributed by atoms with Crippen LogP contribution in [0.15, 0.2) is 18.3 Å². The van der Waals surface area contributed by atoms with Crippen LogP contribution in [0.3, 0.4) is 0 Å². The second-order valence-corrected chi connectivity index (χ2v) is 8.39. The zero-order valence-electron chi connectivity index (χ0n) is 15.5. The van der Waals surface area contributed by atoms with Gasteiger partial charge in [0.2, 0.25) is 0 Å². The average molecular weight is 329 g/mol. The molecule has 3 rings (SSSR count). The van der Waals surface area contributed by atoms with Crippen molar-refractivity contribution in [1.82, 2.24) is 15.5 Å². The number of aromatic nitrogens is 2. The molecule has 2 aromatic rings. The van der Waals surface area contributed by atoms with Crippen LogP contribution in [0.25, 0.3) is 10.9 Å². The molecule has 2 unspecified atom stereocenters. The third-order valence-corrected chi connectivity index (χ3v) is 5.07. The number of rotatable bonds is 5. The highest BCUT2D eigenvalue weighted by Gasteiger charge is 2.24. The Hall–Kier alpha value is -1.55. The highest BCUT2D eigenvalue weighted by Crippen LogP contribution is 2.30. The summed E-state index contributed by atoms with van der Waals surface area (Å²) in [7, 11) is 0. The maximum Gasteiger partial charge on any atom is 0.123 e. The molecule has 0 spiro atoms. The molecule has 1 heterocycles. The summed E-state index contributed by atoms with van der Waals surface area (Å²) in [6, 6.07) is 4.73. The van der Waals surface area contributed by atoms with E-state index in [1.165, 1.54) is 24.8 Å². The SMILES string of the molecule is Cc1c(OC2CCCC(NCCC(C)(C)C)C2)ccc2[nH]ncc12. The fraction of sp³-hybridized carbons (Fsp3) is 0.650. The molecule has 2 N–H and O–H groups in total. The molecule has 0 amide bonds. The quantitative estimate of drug-likeness (QED) is 0.843. The van der Waals surface area contributed by atoms with Crippen LogP contribution < -0.4 is 10.1 Å². The van der Waals surface area contributed by atoms with E-state index < -0.39 is 0 Å². The summed E-state index contributed by atoms with van der Waals surface area (Å²) < 4.78 is 6.36. The minimum absolute atomic E-state index is 0.314. The van der Waals surface area contributed by atoms with Gasteiger partial charge < -0.3 is 10.1 Å². The molecule has 4 nitrogen and oxygen atoms in total. The lowest BCUT2D eigenvalue weighted by Gasteiger charge is -2.31. The molecule has 4 heteroatoms. The molecule has 0 radical (unpaired) electrons. The van der Waals surface area contributed by atoms with E-state index in [2.05, 4.69) is 55.3 Å². The molecule has 1 aliphatic carbocycles. The van der Waals surface area contributed by atoms with Crippen LogP contribution in [0.1, 0.15) is 58.4 Å². The molecule has 1 saturated carbocycles. The smallest absolute Gasteiger partial charge is 0.123 e. The van der Waals surface area contributed by atoms with E-state index in [0.717, 1.165) is 36.0 Å². The maximum atomic E-state index is 6.36. The average Bonchev–Trinajstić information content (AvgIpc) is 2.99. The zero-order chi connectivity index (χ0) is 17.2. The Morgan fingerprint density at radius 2 is 2.12 bits per heavy atom. The van der Waals surface area contributed by atoms with Crippen molar-refractivity contribution < 1.29 is 4.74 Å². The third-order valence-electron chi connectivity index (χ3n) is 5.07. The first-order valence-electron chi connectivity index (χ1n) is 9.25. The Balaban J connectivity index is 1.57. The van der Waals surface area contributed by atoms with E-state index in [-0.39, 0.29) is 0 Å². The van der Waals surface area contributed by atoms with E-state index in [1.807, 2.05) is 6.20 Å². The van der Waals surface area contributed by atoms with E-state index in [9.17, 15) is 0 Å². The molecule has 132 valence electrons. The monoisotopic (exact) mass is 329 g/mol. The molecule has 1 aromatic heterocycles. The first-order valence-corrected chi connectivity index (χ1v) is 9.25. The molecule has 1 aromatic carbocycles. The molecule has 24 heavy (non-hydrogen) atoms. The lowest BCUT2D eigenvalue weighted by molar-refractivity contribution is 0.133. The van der Waals surface area contributed by atoms with Crippen molar-refractivity contribution in [3.63, 3.8) is 0 Å². The van der Waals surface area contributed by atoms with E-state index >= 15 is 0 Å². The number of nitrogens with zero attached hydrogens (tertiary/aromatic N) is 1. The Morgan fingerprint density at radius 3 is 2.92 bits per heavy atom. The first kappa shape index (κ1) is 17.3. The van der Waals surface area contributed by atoms with Gasteiger partial charge in [0.05, 0.1) is 11.7 Å². The van der Waals surface area contributed by atoms with E-state index in [0.29, 0.717) is 17.6 Å². The predicted molar refractivity (Wildman–Crippen MR) is 99.6 cm³/mol. The van der Waals surface area contributed by atoms with Crippen molar-refractivity contribution in [2.75, 3.05) is 6.54 Å². The minimum Gasteiger partial charge on any atom is -0.490 e. The van der Waals surface area contributed by atoms with Crippen molar-refractivity contribution >= 4 is 10.9 Å². The van der Waals surface area contributed by atoms with Gasteiger partial charge in [-0.1, -0.05) is 20.8 Å². The third kappa shape index (κ3) is 4.29. The highest BCUT2D eigenvalue weighted by atomic mass is 16.5. The van der Waals surface area contributed by atoms with Crippen LogP contribution in [0.4, 0.5) is 0 Å². The number of H-pyrrole nitrogens is 1. The summed E-state index contributed by atoms with van der Waals surface area (Å²) in [6.45, 7) is 10.1. The van der Waals surface area contributed by atoms with Gasteiger partial charge in [-0.25, -0.2) is 0 Å². The van der Waals surface area contributed by atoms with Crippen LogP contribution in [-0.4, -0.2) is 28.9 Å². The first-order chi connectivity index (χ1) is 11.4. The van der Waals surface area contributed by atoms with E-state index in [1.54, 1.807) is 0 Å². The zero-order valence-corrected chi connectivity index (χ0v) is 15.5. The number of hydrogen-bond acceptors (Lipinski definition) is 3. The Kier molecular flexibility index (Phi) is 5.14. The van der Waals surface area contributed by atoms with Gasteiger partial charge in [0, 0.05) is 17.0 Å². The normalized spacial score (nSPS) is 22.0. The molecule has 1 aliphatic rings. The van der Waals surface area contributed by atoms with Gasteiger partial charge in [-0.3, -0.25) is 5.10 Å². The van der Waals surface area contributed by atoms with Crippen molar-refractivity contribution in [2.45, 2.75) is 71.9 Å². The molecular formula is C20H31N3O. The van der Waals surface area contributed by atoms with Crippen LogP contribution in [0, 0.1) is 12.3 Å². The fourth-order valence-electron chi connectivity index (χ4n) is 3.53. The molecule has 2 atom stereocenters. The number of nitrogens with one attached hydrogen (secondary N) is 2. The van der Waals surface area contributed by atoms with Gasteiger partial charge in [0.1, 0.15) is 11.9 Å². The minimum atomic E-state index is 0.314. The van der Waals surface area contributed by atoms with Gasteiger partial charge in [-0.2, -0.15) is 5.10 Å². The highest BCUT2D eigenvalue weighted by molar-refractivity contribution is 5.83. The van der Waals surface area contributed by atoms with Crippen LogP contribution in [-0.2, 0) is 0 Å². The number of fused-ring (bicyclic) bond motifs is 1. The van der Waals surface area contributed by atoms with Crippen LogP contribution in [0.5, 0.6) is 5.75 Å². The molecule has 0 bridgehead atoms. The van der Waals surface area contributed by atoms with Gasteiger partial charge in [-0.15, -0.1) is 0 Å². The van der Waals surface area contributed by atoms with Crippen molar-refractivity contribution in [1.29, 1.82) is 0 Å². The van der Waals surface area contributed by atoms with E-state index in [4.69, 9.17) is 4.74 Å². The fourth-order valence-corrected chi connectivity index (χ4v) is 3.53. The second-order valence-electron chi connectivity index (χ2n) is 8.39. The summed E-state index contributed by atoms with van der Waals surface area (Å²) >= 11 is 0. The Labute approximate surface area is 145 Å². The standard InChI is InChI=1S/C20H31N3O/c1-14-17-13-22-23-18(17)8-9-19(14)24-16-7-5-6-15(12-16)21-11-10-20(2,3)4/h8-9,13,15-16,21H,5-7,10-12H2,1-4H3,(H,22,23). The summed E-state index contributed by atoms with van der Waals surface area (Å²) in [4.78, 5) is 0. The van der Waals surface area contributed by atoms with Crippen molar-refractivity contribution in [3.05, 3.63) is 23.9 Å². The number of benzene rings is 1. The van der Waals surface area contributed by atoms with Gasteiger partial charge in [0.25, 0.3) is 0 Å². The molecule has 0 aliphatic heterocycles. The summed E-state index contributed by atoms with van der Waals surface area (Å²) in [5.74, 6) is 1.00. The number of ether oxygens (including phenoxy) is 1. The van der Waals surface area contributed by atoms with Crippen LogP contribution in [0.2, 0.25) is 0 Å². The Morgan fingerprint density at radius 1 is 1.29 bits per heavy atom. The maximum absolute atomic E-state index is 6.36. The molecular weight excluding hydrogens is 298 g/mol. The van der Waals surface area contributed by atoms with Gasteiger partial charge >= 0.3 is 0 Å². The number of aryl methyl sites for hydroxylation is 1. The lowest BCUT2D eigenvalue weighted by atomic mass is 9.90. The predicted octanol–water partition coefficient (Wildman–Crippen LogP) is 4.59. The summed E-state index contributed by atoms with van der Waals surface area (Å²) in [5, 5.41) is 12.0. The van der Waals surface area contributed by atoms with Gasteiger partial charge in [0.15, 0.2) is 0 Å². The topological polar surface area (TPSA) is 49.9 Å². The largest absolute Gasteiger partial charge is 0.490 e. The number of aromatic amines is 1. The Bertz CT molecular complexity index is 671. The molecule has 1 fully saturated rings. The summed E-state index contributed by atoms with van der Waals surface area (Å²) in [5.41, 5.74) is 2.66. The van der Waals surface area contributed by atoms with Crippen molar-refractivity contribution in [3.8, 4) is 5.75 Å². The van der Waals surface area contributed by atoms with Crippen molar-refractivity contribution in [2.24, 2.45) is 5.41 Å². The molecule has 0 saturated heterocycles. The summed E-state index contributed by atoms with van der Waals surface area (Å²) in [6.07, 6.45) is 8.18. The van der Waals surface area contributed by atoms with Gasteiger partial charge in [-0.05, 0) is 63.1 Å². The lowest BCUT2D eigenvalue weighted by Crippen LogP contribution is -2.39. The number of hydrogen-bond donors (Lipinski definition) is 2.